The van der Waals surface area contributed by atoms with Gasteiger partial charge in [-0.3, -0.25) is 4.40 Å². The number of carboxylic acids is 1. The second-order valence-electron chi connectivity index (χ2n) is 6.33. The first-order valence-corrected chi connectivity index (χ1v) is 8.22. The number of carbonyl (C=O) groups is 1. The second-order valence-corrected chi connectivity index (χ2v) is 6.69. The molecule has 3 aromatic rings. The average Bonchev–Trinajstić information content (AvgIpc) is 2.90. The summed E-state index contributed by atoms with van der Waals surface area (Å²) in [7, 11) is 3.78. The van der Waals surface area contributed by atoms with E-state index in [1.54, 1.807) is 18.2 Å². The van der Waals surface area contributed by atoms with Crippen LogP contribution >= 0.6 is 11.6 Å². The van der Waals surface area contributed by atoms with Gasteiger partial charge in [0.05, 0.1) is 5.56 Å². The standard InChI is InChI=1S/C18H15ClF3N3O2/c1-24(2)8-10-4-3-5-11(6-10)12-7-13(18(20,21)22)16-23-14(17(26)27)15(19)25(16)9-12/h3-7,9H,8H2,1-2H3,(H,26,27). The van der Waals surface area contributed by atoms with E-state index in [9.17, 15) is 18.0 Å². The molecule has 0 amide bonds. The normalized spacial score (nSPS) is 12.1. The van der Waals surface area contributed by atoms with Crippen molar-refractivity contribution in [1.82, 2.24) is 14.3 Å². The van der Waals surface area contributed by atoms with Crippen LogP contribution < -0.4 is 0 Å². The van der Waals surface area contributed by atoms with Crippen LogP contribution in [0.5, 0.6) is 0 Å². The average molecular weight is 398 g/mol. The van der Waals surface area contributed by atoms with E-state index < -0.39 is 29.1 Å². The molecule has 0 saturated carbocycles. The molecule has 1 aromatic carbocycles. The zero-order chi connectivity index (χ0) is 19.9. The van der Waals surface area contributed by atoms with Crippen molar-refractivity contribution in [3.05, 3.63) is 58.5 Å². The lowest BCUT2D eigenvalue weighted by Gasteiger charge is -2.13. The minimum atomic E-state index is -4.72. The Balaban J connectivity index is 2.26. The Morgan fingerprint density at radius 1 is 1.26 bits per heavy atom. The van der Waals surface area contributed by atoms with E-state index >= 15 is 0 Å². The molecule has 5 nitrogen and oxygen atoms in total. The van der Waals surface area contributed by atoms with Crippen molar-refractivity contribution < 1.29 is 23.1 Å². The third kappa shape index (κ3) is 3.77. The number of benzene rings is 1. The molecule has 0 radical (unpaired) electrons. The molecule has 0 bridgehead atoms. The van der Waals surface area contributed by atoms with E-state index in [4.69, 9.17) is 16.7 Å². The smallest absolute Gasteiger partial charge is 0.420 e. The lowest BCUT2D eigenvalue weighted by atomic mass is 10.0. The highest BCUT2D eigenvalue weighted by Crippen LogP contribution is 2.37. The number of pyridine rings is 1. The maximum absolute atomic E-state index is 13.6. The Morgan fingerprint density at radius 3 is 2.56 bits per heavy atom. The van der Waals surface area contributed by atoms with Gasteiger partial charge in [0, 0.05) is 12.7 Å². The minimum Gasteiger partial charge on any atom is -0.476 e. The van der Waals surface area contributed by atoms with E-state index in [0.717, 1.165) is 16.0 Å². The van der Waals surface area contributed by atoms with Gasteiger partial charge in [0.1, 0.15) is 5.15 Å². The van der Waals surface area contributed by atoms with E-state index in [-0.39, 0.29) is 10.7 Å². The molecule has 3 rings (SSSR count). The molecule has 0 aliphatic rings. The first kappa shape index (κ1) is 19.2. The van der Waals surface area contributed by atoms with Crippen LogP contribution in [0.3, 0.4) is 0 Å². The number of halogens is 4. The van der Waals surface area contributed by atoms with E-state index in [0.29, 0.717) is 12.1 Å². The summed E-state index contributed by atoms with van der Waals surface area (Å²) in [5.41, 5.74) is -0.477. The summed E-state index contributed by atoms with van der Waals surface area (Å²) < 4.78 is 41.6. The number of alkyl halides is 3. The zero-order valence-electron chi connectivity index (χ0n) is 14.4. The van der Waals surface area contributed by atoms with Gasteiger partial charge in [0.25, 0.3) is 0 Å². The molecule has 0 aliphatic heterocycles. The quantitative estimate of drug-likeness (QED) is 0.707. The molecule has 0 spiro atoms. The Hall–Kier alpha value is -2.58. The van der Waals surface area contributed by atoms with E-state index in [1.165, 1.54) is 6.20 Å². The predicted molar refractivity (Wildman–Crippen MR) is 95.0 cm³/mol. The van der Waals surface area contributed by atoms with Gasteiger partial charge in [-0.05, 0) is 42.9 Å². The van der Waals surface area contributed by atoms with Gasteiger partial charge in [-0.2, -0.15) is 13.2 Å². The molecular formula is C18H15ClF3N3O2. The highest BCUT2D eigenvalue weighted by atomic mass is 35.5. The Morgan fingerprint density at radius 2 is 1.96 bits per heavy atom. The van der Waals surface area contributed by atoms with Crippen molar-refractivity contribution in [1.29, 1.82) is 0 Å². The number of aromatic nitrogens is 2. The largest absolute Gasteiger partial charge is 0.476 e. The molecule has 0 aliphatic carbocycles. The highest BCUT2D eigenvalue weighted by molar-refractivity contribution is 6.32. The summed E-state index contributed by atoms with van der Waals surface area (Å²) in [6.07, 6.45) is -3.36. The topological polar surface area (TPSA) is 57.8 Å². The fraction of sp³-hybridized carbons (Fsp3) is 0.222. The van der Waals surface area contributed by atoms with Crippen LogP contribution in [-0.4, -0.2) is 39.5 Å². The predicted octanol–water partition coefficient (Wildman–Crippen LogP) is 4.43. The number of fused-ring (bicyclic) bond motifs is 1. The maximum atomic E-state index is 13.6. The Kier molecular flexibility index (Phi) is 4.88. The second kappa shape index (κ2) is 6.86. The molecule has 9 heteroatoms. The number of imidazole rings is 1. The highest BCUT2D eigenvalue weighted by Gasteiger charge is 2.36. The van der Waals surface area contributed by atoms with Gasteiger partial charge in [-0.1, -0.05) is 29.8 Å². The SMILES string of the molecule is CN(C)Cc1cccc(-c2cc(C(F)(F)F)c3nc(C(=O)O)c(Cl)n3c2)c1. The molecular weight excluding hydrogens is 383 g/mol. The van der Waals surface area contributed by atoms with Crippen molar-refractivity contribution >= 4 is 23.2 Å². The first-order chi connectivity index (χ1) is 12.6. The van der Waals surface area contributed by atoms with Crippen molar-refractivity contribution in [2.24, 2.45) is 0 Å². The fourth-order valence-electron chi connectivity index (χ4n) is 2.83. The van der Waals surface area contributed by atoms with Crippen molar-refractivity contribution in [3.63, 3.8) is 0 Å². The monoisotopic (exact) mass is 397 g/mol. The maximum Gasteiger partial charge on any atom is 0.420 e. The van der Waals surface area contributed by atoms with Crippen molar-refractivity contribution in [2.75, 3.05) is 14.1 Å². The van der Waals surface area contributed by atoms with Crippen molar-refractivity contribution in [3.8, 4) is 11.1 Å². The summed E-state index contributed by atoms with van der Waals surface area (Å²) in [5, 5.41) is 8.74. The molecule has 27 heavy (non-hydrogen) atoms. The lowest BCUT2D eigenvalue weighted by Crippen LogP contribution is -2.10. The molecule has 0 atom stereocenters. The number of carboxylic acid groups (broad SMARTS) is 1. The van der Waals surface area contributed by atoms with Gasteiger partial charge in [0.2, 0.25) is 0 Å². The van der Waals surface area contributed by atoms with Crippen LogP contribution in [0.25, 0.3) is 16.8 Å². The van der Waals surface area contributed by atoms with Crippen LogP contribution in [0, 0.1) is 0 Å². The first-order valence-electron chi connectivity index (χ1n) is 7.84. The van der Waals surface area contributed by atoms with Crippen LogP contribution in [0.1, 0.15) is 21.6 Å². The summed E-state index contributed by atoms with van der Waals surface area (Å²) in [4.78, 5) is 16.7. The third-order valence-electron chi connectivity index (χ3n) is 3.93. The molecule has 0 fully saturated rings. The zero-order valence-corrected chi connectivity index (χ0v) is 15.1. The van der Waals surface area contributed by atoms with Crippen LogP contribution in [-0.2, 0) is 12.7 Å². The molecule has 0 saturated heterocycles. The molecule has 0 unspecified atom stereocenters. The van der Waals surface area contributed by atoms with Gasteiger partial charge in [0.15, 0.2) is 11.3 Å². The van der Waals surface area contributed by atoms with E-state index in [1.807, 2.05) is 25.1 Å². The van der Waals surface area contributed by atoms with Crippen LogP contribution in [0.15, 0.2) is 36.5 Å². The van der Waals surface area contributed by atoms with Gasteiger partial charge >= 0.3 is 12.1 Å². The van der Waals surface area contributed by atoms with Gasteiger partial charge in [-0.25, -0.2) is 9.78 Å². The number of hydrogen-bond donors (Lipinski definition) is 1. The molecule has 1 N–H and O–H groups in total. The minimum absolute atomic E-state index is 0.256. The molecule has 142 valence electrons. The number of rotatable bonds is 4. The van der Waals surface area contributed by atoms with Gasteiger partial charge in [-0.15, -0.1) is 0 Å². The van der Waals surface area contributed by atoms with Crippen molar-refractivity contribution in [2.45, 2.75) is 12.7 Å². The summed E-state index contributed by atoms with van der Waals surface area (Å²) in [6, 6.07) is 8.05. The summed E-state index contributed by atoms with van der Waals surface area (Å²) in [6.45, 7) is 0.622. The lowest BCUT2D eigenvalue weighted by molar-refractivity contribution is -0.136. The number of nitrogens with zero attached hydrogens (tertiary/aromatic N) is 3. The van der Waals surface area contributed by atoms with Gasteiger partial charge < -0.3 is 10.0 Å². The summed E-state index contributed by atoms with van der Waals surface area (Å²) in [5.74, 6) is -1.49. The number of aromatic carboxylic acids is 1. The summed E-state index contributed by atoms with van der Waals surface area (Å²) >= 11 is 5.98. The molecule has 2 heterocycles. The van der Waals surface area contributed by atoms with Crippen LogP contribution in [0.2, 0.25) is 5.15 Å². The third-order valence-corrected chi connectivity index (χ3v) is 4.29. The molecule has 2 aromatic heterocycles. The van der Waals surface area contributed by atoms with E-state index in [2.05, 4.69) is 4.98 Å². The number of hydrogen-bond acceptors (Lipinski definition) is 3. The van der Waals surface area contributed by atoms with Crippen LogP contribution in [0.4, 0.5) is 13.2 Å². The Bertz CT molecular complexity index is 1030. The fourth-order valence-corrected chi connectivity index (χ4v) is 3.09. The Labute approximate surface area is 157 Å².